The highest BCUT2D eigenvalue weighted by atomic mass is 35.5. The van der Waals surface area contributed by atoms with Gasteiger partial charge in [-0.15, -0.1) is 0 Å². The molecule has 0 atom stereocenters. The molecule has 8 heteroatoms. The van der Waals surface area contributed by atoms with Crippen LogP contribution in [0, 0.1) is 20.8 Å². The summed E-state index contributed by atoms with van der Waals surface area (Å²) < 4.78 is 3.42. The Morgan fingerprint density at radius 2 is 1.92 bits per heavy atom. The summed E-state index contributed by atoms with van der Waals surface area (Å²) in [7, 11) is 0. The van der Waals surface area contributed by atoms with Crippen molar-refractivity contribution in [3.05, 3.63) is 63.2 Å². The molecule has 1 aromatic carbocycles. The van der Waals surface area contributed by atoms with Crippen molar-refractivity contribution in [3.63, 3.8) is 0 Å². The maximum atomic E-state index is 12.4. The van der Waals surface area contributed by atoms with Gasteiger partial charge in [-0.1, -0.05) is 35.3 Å². The lowest BCUT2D eigenvalue weighted by atomic mass is 10.2. The molecule has 3 aromatic rings. The predicted octanol–water partition coefficient (Wildman–Crippen LogP) is 4.00. The molecular weight excluding hydrogens is 373 g/mol. The van der Waals surface area contributed by atoms with Gasteiger partial charge in [0.15, 0.2) is 0 Å². The number of carbonyl (C=O) groups excluding carboxylic acids is 1. The van der Waals surface area contributed by atoms with Crippen molar-refractivity contribution < 1.29 is 4.79 Å². The fraction of sp³-hybridized carbons (Fsp3) is 0.278. The third-order valence-corrected chi connectivity index (χ3v) is 4.81. The van der Waals surface area contributed by atoms with Crippen LogP contribution in [0.2, 0.25) is 10.0 Å². The van der Waals surface area contributed by atoms with Crippen LogP contribution in [0.25, 0.3) is 0 Å². The fourth-order valence-corrected chi connectivity index (χ4v) is 3.09. The first-order valence-corrected chi connectivity index (χ1v) is 8.87. The van der Waals surface area contributed by atoms with E-state index in [1.165, 1.54) is 6.20 Å². The van der Waals surface area contributed by atoms with E-state index in [-0.39, 0.29) is 12.5 Å². The number of aryl methyl sites for hydroxylation is 1. The van der Waals surface area contributed by atoms with Gasteiger partial charge in [-0.2, -0.15) is 10.2 Å². The van der Waals surface area contributed by atoms with Crippen molar-refractivity contribution in [2.75, 3.05) is 5.32 Å². The van der Waals surface area contributed by atoms with Crippen LogP contribution in [0.1, 0.15) is 22.6 Å². The lowest BCUT2D eigenvalue weighted by molar-refractivity contribution is -0.116. The average molecular weight is 392 g/mol. The Hall–Kier alpha value is -2.31. The molecule has 2 heterocycles. The number of rotatable bonds is 5. The monoisotopic (exact) mass is 391 g/mol. The Bertz CT molecular complexity index is 961. The molecule has 26 heavy (non-hydrogen) atoms. The largest absolute Gasteiger partial charge is 0.321 e. The van der Waals surface area contributed by atoms with E-state index in [0.29, 0.717) is 22.3 Å². The summed E-state index contributed by atoms with van der Waals surface area (Å²) in [6.45, 7) is 6.29. The lowest BCUT2D eigenvalue weighted by Crippen LogP contribution is -2.21. The zero-order chi connectivity index (χ0) is 18.8. The molecule has 0 aliphatic heterocycles. The van der Waals surface area contributed by atoms with E-state index < -0.39 is 0 Å². The summed E-state index contributed by atoms with van der Waals surface area (Å²) in [4.78, 5) is 12.4. The summed E-state index contributed by atoms with van der Waals surface area (Å²) in [6.07, 6.45) is 1.53. The molecule has 0 fully saturated rings. The summed E-state index contributed by atoms with van der Waals surface area (Å²) in [5.41, 5.74) is 4.15. The van der Waals surface area contributed by atoms with E-state index in [1.54, 1.807) is 4.68 Å². The van der Waals surface area contributed by atoms with E-state index in [0.717, 1.165) is 22.6 Å². The first-order chi connectivity index (χ1) is 12.3. The minimum absolute atomic E-state index is 0.0942. The molecule has 0 unspecified atom stereocenters. The summed E-state index contributed by atoms with van der Waals surface area (Å²) in [5, 5.41) is 12.8. The highest BCUT2D eigenvalue weighted by Crippen LogP contribution is 2.21. The lowest BCUT2D eigenvalue weighted by Gasteiger charge is -2.08. The van der Waals surface area contributed by atoms with Crippen LogP contribution in [-0.4, -0.2) is 25.5 Å². The molecule has 1 amide bonds. The Labute approximate surface area is 161 Å². The maximum absolute atomic E-state index is 12.4. The minimum atomic E-state index is -0.179. The topological polar surface area (TPSA) is 64.7 Å². The number of aromatic nitrogens is 4. The van der Waals surface area contributed by atoms with Gasteiger partial charge in [0, 0.05) is 5.02 Å². The van der Waals surface area contributed by atoms with Crippen LogP contribution in [0.4, 0.5) is 5.69 Å². The van der Waals surface area contributed by atoms with Crippen LogP contribution < -0.4 is 5.32 Å². The number of hydrogen-bond donors (Lipinski definition) is 1. The van der Waals surface area contributed by atoms with Crippen molar-refractivity contribution in [1.29, 1.82) is 0 Å². The summed E-state index contributed by atoms with van der Waals surface area (Å²) in [5.74, 6) is -0.179. The molecule has 0 aliphatic rings. The van der Waals surface area contributed by atoms with Crippen molar-refractivity contribution in [2.24, 2.45) is 0 Å². The van der Waals surface area contributed by atoms with Crippen LogP contribution in [0.15, 0.2) is 30.5 Å². The first kappa shape index (κ1) is 18.5. The SMILES string of the molecule is Cc1nn(Cc2cccc(Cl)c2)c(C)c1NC(=O)Cn1ncc(Cl)c1C. The third-order valence-electron chi connectivity index (χ3n) is 4.20. The number of hydrogen-bond acceptors (Lipinski definition) is 3. The molecule has 3 rings (SSSR count). The van der Waals surface area contributed by atoms with E-state index in [2.05, 4.69) is 15.5 Å². The second-order valence-corrected chi connectivity index (χ2v) is 6.96. The number of anilines is 1. The molecule has 0 aliphatic carbocycles. The standard InChI is InChI=1S/C18H19Cl2N5O/c1-11-18(22-17(26)10-24-12(2)16(20)8-21-24)13(3)25(23-11)9-14-5-4-6-15(19)7-14/h4-8H,9-10H2,1-3H3,(H,22,26). The fourth-order valence-electron chi connectivity index (χ4n) is 2.74. The smallest absolute Gasteiger partial charge is 0.246 e. The molecule has 0 spiro atoms. The first-order valence-electron chi connectivity index (χ1n) is 8.11. The second-order valence-electron chi connectivity index (χ2n) is 6.12. The van der Waals surface area contributed by atoms with Gasteiger partial charge in [0.2, 0.25) is 5.91 Å². The maximum Gasteiger partial charge on any atom is 0.246 e. The molecule has 0 bridgehead atoms. The number of halogens is 2. The number of benzene rings is 1. The third kappa shape index (κ3) is 3.92. The molecular formula is C18H19Cl2N5O. The van der Waals surface area contributed by atoms with Crippen molar-refractivity contribution in [1.82, 2.24) is 19.6 Å². The molecule has 136 valence electrons. The van der Waals surface area contributed by atoms with Gasteiger partial charge in [-0.3, -0.25) is 14.2 Å². The van der Waals surface area contributed by atoms with Gasteiger partial charge in [0.25, 0.3) is 0 Å². The summed E-state index contributed by atoms with van der Waals surface area (Å²) in [6, 6.07) is 7.64. The Kier molecular flexibility index (Phi) is 5.34. The molecule has 0 saturated carbocycles. The Morgan fingerprint density at radius 1 is 1.15 bits per heavy atom. The van der Waals surface area contributed by atoms with E-state index in [1.807, 2.05) is 49.7 Å². The highest BCUT2D eigenvalue weighted by Gasteiger charge is 2.16. The van der Waals surface area contributed by atoms with E-state index >= 15 is 0 Å². The normalized spacial score (nSPS) is 11.0. The van der Waals surface area contributed by atoms with Gasteiger partial charge in [0.05, 0.1) is 40.5 Å². The van der Waals surface area contributed by atoms with Crippen LogP contribution in [0.3, 0.4) is 0 Å². The molecule has 2 aromatic heterocycles. The van der Waals surface area contributed by atoms with Crippen molar-refractivity contribution in [3.8, 4) is 0 Å². The number of nitrogens with one attached hydrogen (secondary N) is 1. The molecule has 0 saturated heterocycles. The van der Waals surface area contributed by atoms with Gasteiger partial charge < -0.3 is 5.32 Å². The number of carbonyl (C=O) groups is 1. The molecule has 1 N–H and O–H groups in total. The zero-order valence-corrected chi connectivity index (χ0v) is 16.3. The van der Waals surface area contributed by atoms with Crippen LogP contribution in [0.5, 0.6) is 0 Å². The quantitative estimate of drug-likeness (QED) is 0.714. The molecule has 0 radical (unpaired) electrons. The summed E-state index contributed by atoms with van der Waals surface area (Å²) >= 11 is 12.0. The number of nitrogens with zero attached hydrogens (tertiary/aromatic N) is 4. The second kappa shape index (κ2) is 7.51. The van der Waals surface area contributed by atoms with Crippen LogP contribution >= 0.6 is 23.2 Å². The average Bonchev–Trinajstić information content (AvgIpc) is 3.03. The van der Waals surface area contributed by atoms with Crippen molar-refractivity contribution >= 4 is 34.8 Å². The predicted molar refractivity (Wildman–Crippen MR) is 103 cm³/mol. The Balaban J connectivity index is 1.75. The van der Waals surface area contributed by atoms with Gasteiger partial charge in [0.1, 0.15) is 6.54 Å². The zero-order valence-electron chi connectivity index (χ0n) is 14.8. The number of amides is 1. The Morgan fingerprint density at radius 3 is 2.58 bits per heavy atom. The van der Waals surface area contributed by atoms with E-state index in [4.69, 9.17) is 23.2 Å². The van der Waals surface area contributed by atoms with Gasteiger partial charge in [-0.25, -0.2) is 0 Å². The van der Waals surface area contributed by atoms with Gasteiger partial charge in [-0.05, 0) is 38.5 Å². The van der Waals surface area contributed by atoms with Crippen LogP contribution in [-0.2, 0) is 17.9 Å². The van der Waals surface area contributed by atoms with Crippen molar-refractivity contribution in [2.45, 2.75) is 33.9 Å². The molecule has 6 nitrogen and oxygen atoms in total. The van der Waals surface area contributed by atoms with E-state index in [9.17, 15) is 4.79 Å². The highest BCUT2D eigenvalue weighted by molar-refractivity contribution is 6.31. The minimum Gasteiger partial charge on any atom is -0.321 e. The van der Waals surface area contributed by atoms with Gasteiger partial charge >= 0.3 is 0 Å².